The molecule has 0 atom stereocenters. The van der Waals surface area contributed by atoms with Gasteiger partial charge in [0.15, 0.2) is 0 Å². The van der Waals surface area contributed by atoms with Gasteiger partial charge in [-0.3, -0.25) is 4.79 Å². The molecule has 2 N–H and O–H groups in total. The number of nitrogens with zero attached hydrogens (tertiary/aromatic N) is 1. The van der Waals surface area contributed by atoms with Crippen molar-refractivity contribution >= 4 is 38.5 Å². The highest BCUT2D eigenvalue weighted by molar-refractivity contribution is 7.21. The maximum Gasteiger partial charge on any atom is 0.417 e. The molecule has 0 spiro atoms. The van der Waals surface area contributed by atoms with Gasteiger partial charge in [-0.2, -0.15) is 13.2 Å². The lowest BCUT2D eigenvalue weighted by Crippen LogP contribution is -2.13. The van der Waals surface area contributed by atoms with Gasteiger partial charge in [0.25, 0.3) is 0 Å². The van der Waals surface area contributed by atoms with Crippen molar-refractivity contribution < 1.29 is 28.2 Å². The molecule has 0 aliphatic carbocycles. The van der Waals surface area contributed by atoms with E-state index in [9.17, 15) is 28.2 Å². The van der Waals surface area contributed by atoms with E-state index >= 15 is 0 Å². The molecule has 34 heavy (non-hydrogen) atoms. The van der Waals surface area contributed by atoms with Gasteiger partial charge in [-0.15, -0.1) is 22.7 Å². The lowest BCUT2D eigenvalue weighted by molar-refractivity contribution is -0.137. The zero-order chi connectivity index (χ0) is 24.0. The summed E-state index contributed by atoms with van der Waals surface area (Å²) in [4.78, 5) is 17.7. The second kappa shape index (κ2) is 8.27. The molecule has 4 nitrogen and oxygen atoms in total. The quantitative estimate of drug-likeness (QED) is 0.255. The van der Waals surface area contributed by atoms with Crippen molar-refractivity contribution in [1.82, 2.24) is 4.98 Å². The topological polar surface area (TPSA) is 70.4 Å². The Morgan fingerprint density at radius 1 is 0.912 bits per heavy atom. The van der Waals surface area contributed by atoms with E-state index in [0.717, 1.165) is 23.0 Å². The molecule has 2 aromatic heterocycles. The summed E-state index contributed by atoms with van der Waals surface area (Å²) in [5.41, 5.74) is 0.457. The fraction of sp³-hybridized carbons (Fsp3) is 0.0400. The number of halogens is 3. The third-order valence-electron chi connectivity index (χ3n) is 5.27. The SMILES string of the molecule is O=C(c1ccccc1C(F)(F)F)c1sc2cc(O)ccc2c1-c1ccc(-c2nc(O)cs2)cc1. The molecule has 9 heteroatoms. The molecular formula is C25H14F3NO3S2. The van der Waals surface area contributed by atoms with Crippen LogP contribution in [0.15, 0.2) is 72.1 Å². The summed E-state index contributed by atoms with van der Waals surface area (Å²) in [6, 6.07) is 16.4. The zero-order valence-electron chi connectivity index (χ0n) is 17.1. The summed E-state index contributed by atoms with van der Waals surface area (Å²) in [7, 11) is 0. The second-order valence-corrected chi connectivity index (χ2v) is 9.36. The summed E-state index contributed by atoms with van der Waals surface area (Å²) >= 11 is 2.31. The molecule has 0 saturated carbocycles. The minimum absolute atomic E-state index is 0.00563. The van der Waals surface area contributed by atoms with Crippen molar-refractivity contribution in [3.8, 4) is 33.3 Å². The molecule has 3 aromatic carbocycles. The van der Waals surface area contributed by atoms with Crippen molar-refractivity contribution in [3.05, 3.63) is 88.1 Å². The van der Waals surface area contributed by atoms with Gasteiger partial charge in [0.05, 0.1) is 15.8 Å². The molecular weight excluding hydrogens is 483 g/mol. The third kappa shape index (κ3) is 3.93. The number of thiazole rings is 1. The molecule has 0 amide bonds. The standard InChI is InChI=1S/C25H14F3NO3S2/c26-25(27,28)18-4-2-1-3-16(18)22(32)23-21(17-10-9-15(30)11-19(17)34-23)13-5-7-14(8-6-13)24-29-20(31)12-33-24/h1-12,30-31H. The molecule has 0 unspecified atom stereocenters. The zero-order valence-corrected chi connectivity index (χ0v) is 18.8. The number of fused-ring (bicyclic) bond motifs is 1. The maximum atomic E-state index is 13.6. The average Bonchev–Trinajstić information content (AvgIpc) is 3.41. The van der Waals surface area contributed by atoms with Crippen LogP contribution < -0.4 is 0 Å². The molecule has 0 saturated heterocycles. The number of hydrogen-bond donors (Lipinski definition) is 2. The molecule has 5 rings (SSSR count). The van der Waals surface area contributed by atoms with Crippen molar-refractivity contribution in [3.63, 3.8) is 0 Å². The van der Waals surface area contributed by atoms with E-state index in [2.05, 4.69) is 4.98 Å². The highest BCUT2D eigenvalue weighted by atomic mass is 32.1. The summed E-state index contributed by atoms with van der Waals surface area (Å²) < 4.78 is 41.4. The van der Waals surface area contributed by atoms with E-state index in [1.807, 2.05) is 0 Å². The number of rotatable bonds is 4. The Labute approximate surface area is 199 Å². The number of phenolic OH excluding ortho intramolecular Hbond substituents is 1. The summed E-state index contributed by atoms with van der Waals surface area (Å²) in [5.74, 6) is -0.824. The summed E-state index contributed by atoms with van der Waals surface area (Å²) in [5, 5.41) is 22.2. The number of aromatic hydroxyl groups is 2. The minimum Gasteiger partial charge on any atom is -0.508 e. The highest BCUT2D eigenvalue weighted by Crippen LogP contribution is 2.43. The van der Waals surface area contributed by atoms with E-state index in [4.69, 9.17) is 0 Å². The fourth-order valence-electron chi connectivity index (χ4n) is 3.76. The van der Waals surface area contributed by atoms with Gasteiger partial charge < -0.3 is 10.2 Å². The van der Waals surface area contributed by atoms with Crippen LogP contribution in [0.5, 0.6) is 11.6 Å². The number of benzene rings is 3. The second-order valence-electron chi connectivity index (χ2n) is 7.45. The average molecular weight is 498 g/mol. The third-order valence-corrected chi connectivity index (χ3v) is 7.30. The van der Waals surface area contributed by atoms with Gasteiger partial charge in [0, 0.05) is 26.8 Å². The molecule has 0 radical (unpaired) electrons. The van der Waals surface area contributed by atoms with Crippen LogP contribution in [0.4, 0.5) is 13.2 Å². The highest BCUT2D eigenvalue weighted by Gasteiger charge is 2.36. The predicted octanol–water partition coefficient (Wildman–Crippen LogP) is 7.35. The molecule has 170 valence electrons. The molecule has 0 bridgehead atoms. The van der Waals surface area contributed by atoms with Crippen LogP contribution in [-0.2, 0) is 6.18 Å². The van der Waals surface area contributed by atoms with Gasteiger partial charge in [-0.1, -0.05) is 42.5 Å². The predicted molar refractivity (Wildman–Crippen MR) is 127 cm³/mol. The Balaban J connectivity index is 1.68. The molecule has 5 aromatic rings. The number of phenols is 1. The number of aromatic nitrogens is 1. The molecule has 0 fully saturated rings. The molecule has 2 heterocycles. The van der Waals surface area contributed by atoms with Gasteiger partial charge in [-0.25, -0.2) is 4.98 Å². The Kier molecular flexibility index (Phi) is 5.38. The van der Waals surface area contributed by atoms with E-state index < -0.39 is 23.1 Å². The number of ketones is 1. The van der Waals surface area contributed by atoms with Gasteiger partial charge in [0.2, 0.25) is 11.7 Å². The maximum absolute atomic E-state index is 13.6. The number of alkyl halides is 3. The van der Waals surface area contributed by atoms with Gasteiger partial charge >= 0.3 is 6.18 Å². The summed E-state index contributed by atoms with van der Waals surface area (Å²) in [6.07, 6.45) is -4.68. The van der Waals surface area contributed by atoms with E-state index in [1.54, 1.807) is 30.3 Å². The van der Waals surface area contributed by atoms with E-state index in [0.29, 0.717) is 26.2 Å². The molecule has 0 aliphatic heterocycles. The Morgan fingerprint density at radius 3 is 2.29 bits per heavy atom. The van der Waals surface area contributed by atoms with Crippen molar-refractivity contribution in [2.24, 2.45) is 0 Å². The van der Waals surface area contributed by atoms with Gasteiger partial charge in [-0.05, 0) is 29.8 Å². The van der Waals surface area contributed by atoms with Crippen LogP contribution in [0.3, 0.4) is 0 Å². The van der Waals surface area contributed by atoms with Crippen LogP contribution in [0.2, 0.25) is 0 Å². The smallest absolute Gasteiger partial charge is 0.417 e. The van der Waals surface area contributed by atoms with Gasteiger partial charge in [0.1, 0.15) is 10.8 Å². The van der Waals surface area contributed by atoms with E-state index in [-0.39, 0.29) is 16.5 Å². The van der Waals surface area contributed by atoms with Crippen LogP contribution in [0, 0.1) is 0 Å². The Bertz CT molecular complexity index is 1540. The Hall–Kier alpha value is -3.69. The Morgan fingerprint density at radius 2 is 1.62 bits per heavy atom. The lowest BCUT2D eigenvalue weighted by atomic mass is 9.95. The van der Waals surface area contributed by atoms with Crippen LogP contribution in [-0.4, -0.2) is 21.0 Å². The first-order chi connectivity index (χ1) is 16.2. The largest absolute Gasteiger partial charge is 0.508 e. The van der Waals surface area contributed by atoms with Crippen LogP contribution >= 0.6 is 22.7 Å². The van der Waals surface area contributed by atoms with Crippen LogP contribution in [0.25, 0.3) is 31.8 Å². The number of carbonyl (C=O) groups excluding carboxylic acids is 1. The fourth-order valence-corrected chi connectivity index (χ4v) is 5.66. The number of hydrogen-bond acceptors (Lipinski definition) is 6. The van der Waals surface area contributed by atoms with Crippen molar-refractivity contribution in [1.29, 1.82) is 0 Å². The normalized spacial score (nSPS) is 11.7. The van der Waals surface area contributed by atoms with Crippen molar-refractivity contribution in [2.45, 2.75) is 6.18 Å². The lowest BCUT2D eigenvalue weighted by Gasteiger charge is -2.12. The number of carbonyl (C=O) groups is 1. The summed E-state index contributed by atoms with van der Waals surface area (Å²) in [6.45, 7) is 0. The van der Waals surface area contributed by atoms with Crippen LogP contribution in [0.1, 0.15) is 20.8 Å². The number of thiophene rings is 1. The van der Waals surface area contributed by atoms with E-state index in [1.165, 1.54) is 47.0 Å². The first kappa shape index (κ1) is 22.1. The monoisotopic (exact) mass is 497 g/mol. The van der Waals surface area contributed by atoms with Crippen molar-refractivity contribution in [2.75, 3.05) is 0 Å². The first-order valence-corrected chi connectivity index (χ1v) is 11.6. The minimum atomic E-state index is -4.68. The first-order valence-electron chi connectivity index (χ1n) is 9.94. The molecule has 0 aliphatic rings.